The first-order valence-corrected chi connectivity index (χ1v) is 7.82. The van der Waals surface area contributed by atoms with Crippen molar-refractivity contribution < 1.29 is 8.78 Å². The van der Waals surface area contributed by atoms with Gasteiger partial charge in [0.05, 0.1) is 5.69 Å². The highest BCUT2D eigenvalue weighted by atomic mass is 19.2. The van der Waals surface area contributed by atoms with E-state index < -0.39 is 11.6 Å². The summed E-state index contributed by atoms with van der Waals surface area (Å²) in [6.07, 6.45) is 4.59. The van der Waals surface area contributed by atoms with Gasteiger partial charge in [-0.1, -0.05) is 6.07 Å². The third-order valence-corrected chi connectivity index (χ3v) is 4.10. The Balaban J connectivity index is 1.65. The summed E-state index contributed by atoms with van der Waals surface area (Å²) in [4.78, 5) is 12.6. The molecular weight excluding hydrogens is 298 g/mol. The second-order valence-electron chi connectivity index (χ2n) is 5.83. The van der Waals surface area contributed by atoms with Gasteiger partial charge in [0.15, 0.2) is 11.6 Å². The molecule has 1 aromatic heterocycles. The number of hydrogen-bond donors (Lipinski definition) is 0. The van der Waals surface area contributed by atoms with Crippen LogP contribution in [0.1, 0.15) is 17.8 Å². The number of benzene rings is 1. The largest absolute Gasteiger partial charge is 0.368 e. The van der Waals surface area contributed by atoms with E-state index >= 15 is 0 Å². The molecule has 1 saturated heterocycles. The first-order chi connectivity index (χ1) is 11.1. The van der Waals surface area contributed by atoms with Crippen molar-refractivity contribution in [2.45, 2.75) is 19.9 Å². The zero-order valence-corrected chi connectivity index (χ0v) is 13.2. The highest BCUT2D eigenvalue weighted by Gasteiger charge is 2.19. The molecule has 23 heavy (non-hydrogen) atoms. The quantitative estimate of drug-likeness (QED) is 0.871. The van der Waals surface area contributed by atoms with Crippen LogP contribution < -0.4 is 4.90 Å². The Bertz CT molecular complexity index is 660. The molecule has 0 saturated carbocycles. The normalized spacial score (nSPS) is 16.4. The zero-order chi connectivity index (χ0) is 16.2. The van der Waals surface area contributed by atoms with E-state index in [1.807, 2.05) is 24.2 Å². The van der Waals surface area contributed by atoms with Gasteiger partial charge < -0.3 is 4.90 Å². The first-order valence-electron chi connectivity index (χ1n) is 7.82. The lowest BCUT2D eigenvalue weighted by Gasteiger charge is -2.24. The molecule has 2 heterocycles. The van der Waals surface area contributed by atoms with Crippen LogP contribution in [-0.4, -0.2) is 41.0 Å². The lowest BCUT2D eigenvalue weighted by atomic mass is 10.2. The van der Waals surface area contributed by atoms with Crippen molar-refractivity contribution in [1.82, 2.24) is 14.9 Å². The van der Waals surface area contributed by atoms with Crippen LogP contribution in [0.5, 0.6) is 0 Å². The summed E-state index contributed by atoms with van der Waals surface area (Å²) in [5.41, 5.74) is 1.42. The number of halogens is 2. The molecule has 0 unspecified atom stereocenters. The molecular formula is C17H20F2N4. The number of rotatable bonds is 3. The molecule has 0 radical (unpaired) electrons. The minimum absolute atomic E-state index is 0.352. The second-order valence-corrected chi connectivity index (χ2v) is 5.83. The standard InChI is InChI=1S/C17H20F2N4/c1-13-20-10-14(11-21-13)12-22-6-3-7-23(9-8-22)16-5-2-4-15(18)17(16)19/h2,4-5,10-11H,3,6-9,12H2,1H3. The Morgan fingerprint density at radius 2 is 1.83 bits per heavy atom. The lowest BCUT2D eigenvalue weighted by molar-refractivity contribution is 0.284. The second kappa shape index (κ2) is 7.00. The van der Waals surface area contributed by atoms with Crippen LogP contribution in [0.15, 0.2) is 30.6 Å². The molecule has 0 spiro atoms. The van der Waals surface area contributed by atoms with E-state index in [0.717, 1.165) is 50.1 Å². The molecule has 3 rings (SSSR count). The molecule has 122 valence electrons. The monoisotopic (exact) mass is 318 g/mol. The Labute approximate surface area is 134 Å². The first kappa shape index (κ1) is 15.8. The zero-order valence-electron chi connectivity index (χ0n) is 13.2. The van der Waals surface area contributed by atoms with Crippen molar-refractivity contribution in [3.63, 3.8) is 0 Å². The molecule has 0 bridgehead atoms. The average Bonchev–Trinajstić information content (AvgIpc) is 2.78. The van der Waals surface area contributed by atoms with Crippen LogP contribution >= 0.6 is 0 Å². The Morgan fingerprint density at radius 3 is 2.61 bits per heavy atom. The minimum atomic E-state index is -0.791. The van der Waals surface area contributed by atoms with Crippen LogP contribution in [-0.2, 0) is 6.54 Å². The summed E-state index contributed by atoms with van der Waals surface area (Å²) >= 11 is 0. The Kier molecular flexibility index (Phi) is 4.81. The van der Waals surface area contributed by atoms with Gasteiger partial charge in [0.25, 0.3) is 0 Å². The van der Waals surface area contributed by atoms with E-state index in [9.17, 15) is 8.78 Å². The smallest absolute Gasteiger partial charge is 0.182 e. The maximum absolute atomic E-state index is 14.0. The fourth-order valence-electron chi connectivity index (χ4n) is 2.87. The van der Waals surface area contributed by atoms with Crippen molar-refractivity contribution >= 4 is 5.69 Å². The predicted octanol–water partition coefficient (Wildman–Crippen LogP) is 2.78. The number of nitrogens with zero attached hydrogens (tertiary/aromatic N) is 4. The van der Waals surface area contributed by atoms with E-state index in [1.165, 1.54) is 0 Å². The summed E-state index contributed by atoms with van der Waals surface area (Å²) in [7, 11) is 0. The van der Waals surface area contributed by atoms with Crippen LogP contribution in [0.3, 0.4) is 0 Å². The molecule has 4 nitrogen and oxygen atoms in total. The predicted molar refractivity (Wildman–Crippen MR) is 85.2 cm³/mol. The minimum Gasteiger partial charge on any atom is -0.368 e. The van der Waals surface area contributed by atoms with Crippen LogP contribution in [0.25, 0.3) is 0 Å². The SMILES string of the molecule is Cc1ncc(CN2CCCN(c3cccc(F)c3F)CC2)cn1. The maximum Gasteiger partial charge on any atom is 0.182 e. The van der Waals surface area contributed by atoms with Crippen molar-refractivity contribution in [1.29, 1.82) is 0 Å². The van der Waals surface area contributed by atoms with Crippen molar-refractivity contribution in [2.24, 2.45) is 0 Å². The fraction of sp³-hybridized carbons (Fsp3) is 0.412. The molecule has 1 fully saturated rings. The van der Waals surface area contributed by atoms with Gasteiger partial charge in [-0.2, -0.15) is 0 Å². The van der Waals surface area contributed by atoms with E-state index in [1.54, 1.807) is 12.1 Å². The molecule has 1 aliphatic rings. The van der Waals surface area contributed by atoms with Gasteiger partial charge in [-0.25, -0.2) is 18.7 Å². The number of anilines is 1. The average molecular weight is 318 g/mol. The summed E-state index contributed by atoms with van der Waals surface area (Å²) in [5, 5.41) is 0. The topological polar surface area (TPSA) is 32.3 Å². The van der Waals surface area contributed by atoms with Gasteiger partial charge in [-0.15, -0.1) is 0 Å². The number of hydrogen-bond acceptors (Lipinski definition) is 4. The van der Waals surface area contributed by atoms with Crippen molar-refractivity contribution in [3.8, 4) is 0 Å². The number of aromatic nitrogens is 2. The van der Waals surface area contributed by atoms with Crippen LogP contribution in [0, 0.1) is 18.6 Å². The molecule has 2 aromatic rings. The lowest BCUT2D eigenvalue weighted by Crippen LogP contribution is -2.31. The Morgan fingerprint density at radius 1 is 1.04 bits per heavy atom. The molecule has 0 amide bonds. The molecule has 6 heteroatoms. The molecule has 1 aliphatic heterocycles. The van der Waals surface area contributed by atoms with Gasteiger partial charge in [0.2, 0.25) is 0 Å². The van der Waals surface area contributed by atoms with Crippen molar-refractivity contribution in [3.05, 3.63) is 53.6 Å². The third kappa shape index (κ3) is 3.82. The highest BCUT2D eigenvalue weighted by molar-refractivity contribution is 5.48. The van der Waals surface area contributed by atoms with E-state index in [4.69, 9.17) is 0 Å². The summed E-state index contributed by atoms with van der Waals surface area (Å²) in [6, 6.07) is 4.35. The Hall–Kier alpha value is -2.08. The van der Waals surface area contributed by atoms with Crippen molar-refractivity contribution in [2.75, 3.05) is 31.1 Å². The van der Waals surface area contributed by atoms with Crippen LogP contribution in [0.2, 0.25) is 0 Å². The van der Waals surface area contributed by atoms with Gasteiger partial charge in [-0.3, -0.25) is 4.90 Å². The van der Waals surface area contributed by atoms with Gasteiger partial charge in [0, 0.05) is 50.7 Å². The summed E-state index contributed by atoms with van der Waals surface area (Å²) in [5.74, 6) is -0.786. The van der Waals surface area contributed by atoms with Gasteiger partial charge in [0.1, 0.15) is 5.82 Å². The molecule has 0 aliphatic carbocycles. The fourth-order valence-corrected chi connectivity index (χ4v) is 2.87. The molecule has 0 atom stereocenters. The van der Waals surface area contributed by atoms with E-state index in [0.29, 0.717) is 12.2 Å². The summed E-state index contributed by atoms with van der Waals surface area (Å²) in [6.45, 7) is 5.75. The van der Waals surface area contributed by atoms with E-state index in [-0.39, 0.29) is 0 Å². The number of aryl methyl sites for hydroxylation is 1. The molecule has 1 aromatic carbocycles. The van der Waals surface area contributed by atoms with Gasteiger partial charge in [-0.05, 0) is 25.5 Å². The summed E-state index contributed by atoms with van der Waals surface area (Å²) < 4.78 is 27.4. The highest BCUT2D eigenvalue weighted by Crippen LogP contribution is 2.23. The maximum atomic E-state index is 14.0. The van der Waals surface area contributed by atoms with Gasteiger partial charge >= 0.3 is 0 Å². The molecule has 0 N–H and O–H groups in total. The van der Waals surface area contributed by atoms with E-state index in [2.05, 4.69) is 14.9 Å². The van der Waals surface area contributed by atoms with Crippen LogP contribution in [0.4, 0.5) is 14.5 Å². The third-order valence-electron chi connectivity index (χ3n) is 4.10.